The number of hydrogen-bond acceptors (Lipinski definition) is 2. The van der Waals surface area contributed by atoms with E-state index in [0.29, 0.717) is 6.04 Å². The van der Waals surface area contributed by atoms with Gasteiger partial charge in [-0.25, -0.2) is 0 Å². The van der Waals surface area contributed by atoms with Gasteiger partial charge in [0.2, 0.25) is 0 Å². The maximum atomic E-state index is 3.49. The first-order valence-corrected chi connectivity index (χ1v) is 6.23. The van der Waals surface area contributed by atoms with Crippen LogP contribution in [0, 0.1) is 0 Å². The smallest absolute Gasteiger partial charge is 0.0469 e. The van der Waals surface area contributed by atoms with Crippen molar-refractivity contribution in [1.29, 1.82) is 0 Å². The third-order valence-corrected chi connectivity index (χ3v) is 3.52. The van der Waals surface area contributed by atoms with Crippen molar-refractivity contribution in [1.82, 2.24) is 10.2 Å². The summed E-state index contributed by atoms with van der Waals surface area (Å²) in [4.78, 5) is 2.43. The van der Waals surface area contributed by atoms with Gasteiger partial charge in [-0.05, 0) is 44.3 Å². The summed E-state index contributed by atoms with van der Waals surface area (Å²) in [7, 11) is 2.21. The third kappa shape index (κ3) is 2.80. The summed E-state index contributed by atoms with van der Waals surface area (Å²) in [5, 5.41) is 3.49. The van der Waals surface area contributed by atoms with Crippen LogP contribution in [0.2, 0.25) is 0 Å². The summed E-state index contributed by atoms with van der Waals surface area (Å²) < 4.78 is 1.15. The SMILES string of the molecule is CN1CCCNCC1c1ccc(Br)cc1. The highest BCUT2D eigenvalue weighted by molar-refractivity contribution is 9.10. The molecular formula is C12H17BrN2. The highest BCUT2D eigenvalue weighted by atomic mass is 79.9. The number of likely N-dealkylation sites (N-methyl/N-ethyl adjacent to an activating group) is 1. The van der Waals surface area contributed by atoms with Gasteiger partial charge in [0.25, 0.3) is 0 Å². The second-order valence-electron chi connectivity index (χ2n) is 4.11. The molecule has 1 aromatic carbocycles. The van der Waals surface area contributed by atoms with E-state index < -0.39 is 0 Å². The zero-order valence-electron chi connectivity index (χ0n) is 9.04. The van der Waals surface area contributed by atoms with E-state index in [0.717, 1.165) is 17.6 Å². The molecule has 2 nitrogen and oxygen atoms in total. The fraction of sp³-hybridized carbons (Fsp3) is 0.500. The van der Waals surface area contributed by atoms with Crippen molar-refractivity contribution in [3.63, 3.8) is 0 Å². The molecule has 1 aromatic rings. The minimum Gasteiger partial charge on any atom is -0.315 e. The van der Waals surface area contributed by atoms with E-state index in [2.05, 4.69) is 57.5 Å². The van der Waals surface area contributed by atoms with Crippen LogP contribution in [0.5, 0.6) is 0 Å². The lowest BCUT2D eigenvalue weighted by molar-refractivity contribution is 0.261. The molecule has 1 unspecified atom stereocenters. The van der Waals surface area contributed by atoms with Crippen LogP contribution >= 0.6 is 15.9 Å². The van der Waals surface area contributed by atoms with E-state index >= 15 is 0 Å². The summed E-state index contributed by atoms with van der Waals surface area (Å²) in [6.45, 7) is 3.36. The van der Waals surface area contributed by atoms with Gasteiger partial charge in [0, 0.05) is 17.1 Å². The van der Waals surface area contributed by atoms with Gasteiger partial charge >= 0.3 is 0 Å². The summed E-state index contributed by atoms with van der Waals surface area (Å²) >= 11 is 3.47. The van der Waals surface area contributed by atoms with E-state index in [1.165, 1.54) is 18.5 Å². The average molecular weight is 269 g/mol. The summed E-state index contributed by atoms with van der Waals surface area (Å²) in [5.41, 5.74) is 1.40. The van der Waals surface area contributed by atoms with Crippen molar-refractivity contribution in [2.24, 2.45) is 0 Å². The van der Waals surface area contributed by atoms with E-state index in [1.807, 2.05) is 0 Å². The number of nitrogens with one attached hydrogen (secondary N) is 1. The van der Waals surface area contributed by atoms with Crippen LogP contribution in [0.3, 0.4) is 0 Å². The number of nitrogens with zero attached hydrogens (tertiary/aromatic N) is 1. The Morgan fingerprint density at radius 3 is 2.80 bits per heavy atom. The molecule has 0 saturated carbocycles. The van der Waals surface area contributed by atoms with Gasteiger partial charge in [-0.1, -0.05) is 28.1 Å². The summed E-state index contributed by atoms with van der Waals surface area (Å²) in [5.74, 6) is 0. The van der Waals surface area contributed by atoms with Gasteiger partial charge in [0.15, 0.2) is 0 Å². The van der Waals surface area contributed by atoms with Crippen molar-refractivity contribution >= 4 is 15.9 Å². The first kappa shape index (κ1) is 11.1. The summed E-state index contributed by atoms with van der Waals surface area (Å²) in [6.07, 6.45) is 1.24. The topological polar surface area (TPSA) is 15.3 Å². The quantitative estimate of drug-likeness (QED) is 0.842. The molecule has 82 valence electrons. The van der Waals surface area contributed by atoms with Crippen molar-refractivity contribution in [3.05, 3.63) is 34.3 Å². The lowest BCUT2D eigenvalue weighted by Gasteiger charge is -2.25. The molecule has 1 fully saturated rings. The van der Waals surface area contributed by atoms with E-state index in [1.54, 1.807) is 0 Å². The van der Waals surface area contributed by atoms with Crippen molar-refractivity contribution < 1.29 is 0 Å². The fourth-order valence-corrected chi connectivity index (χ4v) is 2.33. The Bertz CT molecular complexity index is 310. The van der Waals surface area contributed by atoms with Crippen LogP contribution in [0.1, 0.15) is 18.0 Å². The van der Waals surface area contributed by atoms with Crippen LogP contribution < -0.4 is 5.32 Å². The zero-order valence-corrected chi connectivity index (χ0v) is 10.6. The molecule has 0 aromatic heterocycles. The third-order valence-electron chi connectivity index (χ3n) is 2.99. The van der Waals surface area contributed by atoms with Crippen LogP contribution in [-0.4, -0.2) is 31.6 Å². The monoisotopic (exact) mass is 268 g/mol. The standard InChI is InChI=1S/C12H17BrN2/c1-15-8-2-7-14-9-12(15)10-3-5-11(13)6-4-10/h3-6,12,14H,2,7-9H2,1H3. The first-order valence-electron chi connectivity index (χ1n) is 5.44. The Hall–Kier alpha value is -0.380. The lowest BCUT2D eigenvalue weighted by atomic mass is 10.1. The Labute approximate surface area is 99.8 Å². The maximum Gasteiger partial charge on any atom is 0.0469 e. The number of rotatable bonds is 1. The Morgan fingerprint density at radius 2 is 2.07 bits per heavy atom. The molecule has 1 saturated heterocycles. The Kier molecular flexibility index (Phi) is 3.78. The fourth-order valence-electron chi connectivity index (χ4n) is 2.06. The minimum atomic E-state index is 0.514. The first-order chi connectivity index (χ1) is 7.27. The molecule has 0 amide bonds. The molecule has 0 radical (unpaired) electrons. The predicted molar refractivity (Wildman–Crippen MR) is 67.0 cm³/mol. The molecular weight excluding hydrogens is 252 g/mol. The average Bonchev–Trinajstić information content (AvgIpc) is 2.44. The van der Waals surface area contributed by atoms with Gasteiger partial charge in [0.05, 0.1) is 0 Å². The second-order valence-corrected chi connectivity index (χ2v) is 5.02. The molecule has 0 spiro atoms. The molecule has 1 heterocycles. The van der Waals surface area contributed by atoms with Crippen molar-refractivity contribution in [2.75, 3.05) is 26.7 Å². The van der Waals surface area contributed by atoms with E-state index in [-0.39, 0.29) is 0 Å². The lowest BCUT2D eigenvalue weighted by Crippen LogP contribution is -2.29. The van der Waals surface area contributed by atoms with E-state index in [4.69, 9.17) is 0 Å². The molecule has 3 heteroatoms. The van der Waals surface area contributed by atoms with Crippen molar-refractivity contribution in [3.8, 4) is 0 Å². The van der Waals surface area contributed by atoms with E-state index in [9.17, 15) is 0 Å². The van der Waals surface area contributed by atoms with Gasteiger partial charge in [-0.2, -0.15) is 0 Å². The largest absolute Gasteiger partial charge is 0.315 e. The highest BCUT2D eigenvalue weighted by Crippen LogP contribution is 2.22. The normalized spacial score (nSPS) is 23.7. The number of benzene rings is 1. The van der Waals surface area contributed by atoms with Gasteiger partial charge in [0.1, 0.15) is 0 Å². The summed E-state index contributed by atoms with van der Waals surface area (Å²) in [6, 6.07) is 9.17. The Morgan fingerprint density at radius 1 is 1.33 bits per heavy atom. The maximum absolute atomic E-state index is 3.49. The van der Waals surface area contributed by atoms with Crippen LogP contribution in [-0.2, 0) is 0 Å². The molecule has 15 heavy (non-hydrogen) atoms. The molecule has 2 rings (SSSR count). The number of hydrogen-bond donors (Lipinski definition) is 1. The predicted octanol–water partition coefficient (Wildman–Crippen LogP) is 2.42. The zero-order chi connectivity index (χ0) is 10.7. The molecule has 1 atom stereocenters. The Balaban J connectivity index is 2.16. The van der Waals surface area contributed by atoms with Gasteiger partial charge in [-0.15, -0.1) is 0 Å². The minimum absolute atomic E-state index is 0.514. The molecule has 0 bridgehead atoms. The number of halogens is 1. The molecule has 0 aliphatic carbocycles. The van der Waals surface area contributed by atoms with Gasteiger partial charge in [-0.3, -0.25) is 4.90 Å². The molecule has 1 aliphatic rings. The highest BCUT2D eigenvalue weighted by Gasteiger charge is 2.18. The van der Waals surface area contributed by atoms with Gasteiger partial charge < -0.3 is 5.32 Å². The van der Waals surface area contributed by atoms with Crippen molar-refractivity contribution in [2.45, 2.75) is 12.5 Å². The van der Waals surface area contributed by atoms with Crippen LogP contribution in [0.25, 0.3) is 0 Å². The molecule has 1 N–H and O–H groups in total. The molecule has 1 aliphatic heterocycles. The second kappa shape index (κ2) is 5.10. The van der Waals surface area contributed by atoms with Crippen LogP contribution in [0.15, 0.2) is 28.7 Å². The van der Waals surface area contributed by atoms with Crippen LogP contribution in [0.4, 0.5) is 0 Å².